The number of ether oxygens (including phenoxy) is 3. The second-order valence-corrected chi connectivity index (χ2v) is 12.9. The lowest BCUT2D eigenvalue weighted by molar-refractivity contribution is -0.138. The first-order valence-corrected chi connectivity index (χ1v) is 12.2. The van der Waals surface area contributed by atoms with Crippen LogP contribution >= 0.6 is 11.6 Å². The number of halogens is 1. The zero-order valence-electron chi connectivity index (χ0n) is 17.4. The Morgan fingerprint density at radius 1 is 1.26 bits per heavy atom. The standard InChI is InChI=1S/C21H29ClO4Si/c1-15(2)21(3,4)27(7,8)12-11-16-9-10-17(22)18(13-16)26-19(14-24-5)20(23)25-6/h9-10,13-15H,1-8H3/b19-14-. The zero-order chi connectivity index (χ0) is 20.8. The summed E-state index contributed by atoms with van der Waals surface area (Å²) in [5.41, 5.74) is 4.29. The predicted octanol–water partition coefficient (Wildman–Crippen LogP) is 5.41. The van der Waals surface area contributed by atoms with E-state index in [1.807, 2.05) is 6.07 Å². The number of carbonyl (C=O) groups is 1. The molecule has 4 nitrogen and oxygen atoms in total. The van der Waals surface area contributed by atoms with E-state index >= 15 is 0 Å². The summed E-state index contributed by atoms with van der Waals surface area (Å²) in [6.07, 6.45) is 1.17. The van der Waals surface area contributed by atoms with Gasteiger partial charge in [-0.2, -0.15) is 0 Å². The van der Waals surface area contributed by atoms with Gasteiger partial charge in [-0.1, -0.05) is 58.3 Å². The highest BCUT2D eigenvalue weighted by Gasteiger charge is 2.40. The van der Waals surface area contributed by atoms with Crippen LogP contribution in [0.4, 0.5) is 0 Å². The van der Waals surface area contributed by atoms with Crippen molar-refractivity contribution in [2.45, 2.75) is 45.8 Å². The third-order valence-electron chi connectivity index (χ3n) is 5.34. The van der Waals surface area contributed by atoms with E-state index in [2.05, 4.69) is 57.0 Å². The van der Waals surface area contributed by atoms with Crippen LogP contribution in [-0.2, 0) is 14.3 Å². The van der Waals surface area contributed by atoms with E-state index in [-0.39, 0.29) is 10.8 Å². The van der Waals surface area contributed by atoms with Crippen molar-refractivity contribution in [3.63, 3.8) is 0 Å². The number of methoxy groups -OCH3 is 2. The lowest BCUT2D eigenvalue weighted by Gasteiger charge is -2.39. The Kier molecular flexibility index (Phi) is 8.00. The number of rotatable bonds is 6. The molecule has 1 rings (SSSR count). The lowest BCUT2D eigenvalue weighted by Crippen LogP contribution is -2.41. The number of benzene rings is 1. The van der Waals surface area contributed by atoms with Gasteiger partial charge in [0.25, 0.3) is 0 Å². The summed E-state index contributed by atoms with van der Waals surface area (Å²) < 4.78 is 15.1. The van der Waals surface area contributed by atoms with Crippen molar-refractivity contribution in [1.82, 2.24) is 0 Å². The first-order chi connectivity index (χ1) is 12.5. The first-order valence-electron chi connectivity index (χ1n) is 8.78. The van der Waals surface area contributed by atoms with Crippen LogP contribution < -0.4 is 4.74 Å². The normalized spacial score (nSPS) is 12.3. The highest BCUT2D eigenvalue weighted by Crippen LogP contribution is 2.43. The maximum absolute atomic E-state index is 11.8. The van der Waals surface area contributed by atoms with Crippen molar-refractivity contribution in [2.75, 3.05) is 14.2 Å². The Hall–Kier alpha value is -1.90. The minimum Gasteiger partial charge on any atom is -0.500 e. The Labute approximate surface area is 168 Å². The summed E-state index contributed by atoms with van der Waals surface area (Å²) in [7, 11) is 0.865. The molecule has 0 saturated carbocycles. The number of carbonyl (C=O) groups excluding carboxylic acids is 1. The molecule has 0 heterocycles. The molecule has 0 aromatic heterocycles. The molecule has 27 heavy (non-hydrogen) atoms. The molecule has 0 fully saturated rings. The van der Waals surface area contributed by atoms with Crippen molar-refractivity contribution in [1.29, 1.82) is 0 Å². The van der Waals surface area contributed by atoms with Gasteiger partial charge in [-0.15, -0.1) is 5.54 Å². The summed E-state index contributed by atoms with van der Waals surface area (Å²) in [6.45, 7) is 13.6. The van der Waals surface area contributed by atoms with Crippen LogP contribution in [-0.4, -0.2) is 28.3 Å². The van der Waals surface area contributed by atoms with Crippen LogP contribution in [0.15, 0.2) is 30.2 Å². The Balaban J connectivity index is 3.21. The number of esters is 1. The van der Waals surface area contributed by atoms with Crippen molar-refractivity contribution in [3.8, 4) is 17.2 Å². The quantitative estimate of drug-likeness (QED) is 0.207. The maximum atomic E-state index is 11.8. The predicted molar refractivity (Wildman–Crippen MR) is 112 cm³/mol. The Bertz CT molecular complexity index is 770. The van der Waals surface area contributed by atoms with Gasteiger partial charge in [0.05, 0.1) is 19.2 Å². The molecule has 0 N–H and O–H groups in total. The van der Waals surface area contributed by atoms with Gasteiger partial charge >= 0.3 is 5.97 Å². The summed E-state index contributed by atoms with van der Waals surface area (Å²) in [6, 6.07) is 5.26. The number of hydrogen-bond acceptors (Lipinski definition) is 4. The van der Waals surface area contributed by atoms with Crippen molar-refractivity contribution >= 4 is 25.6 Å². The molecule has 1 aromatic rings. The molecular formula is C21H29ClO4Si. The molecule has 1 aromatic carbocycles. The van der Waals surface area contributed by atoms with E-state index in [9.17, 15) is 4.79 Å². The minimum absolute atomic E-state index is 0.0948. The maximum Gasteiger partial charge on any atom is 0.377 e. The highest BCUT2D eigenvalue weighted by atomic mass is 35.5. The molecule has 6 heteroatoms. The minimum atomic E-state index is -1.82. The van der Waals surface area contributed by atoms with Crippen molar-refractivity contribution < 1.29 is 19.0 Å². The largest absolute Gasteiger partial charge is 0.500 e. The van der Waals surface area contributed by atoms with E-state index in [1.165, 1.54) is 20.5 Å². The van der Waals surface area contributed by atoms with Gasteiger partial charge in [0.15, 0.2) is 0 Å². The summed E-state index contributed by atoms with van der Waals surface area (Å²) in [4.78, 5) is 11.8. The monoisotopic (exact) mass is 408 g/mol. The SMILES string of the molecule is CO/C=C(\Oc1cc(C#C[Si](C)(C)C(C)(C)C(C)C)ccc1Cl)C(=O)OC. The van der Waals surface area contributed by atoms with Gasteiger partial charge in [0.2, 0.25) is 5.76 Å². The fourth-order valence-corrected chi connectivity index (χ4v) is 4.59. The van der Waals surface area contributed by atoms with Crippen LogP contribution in [0.3, 0.4) is 0 Å². The molecule has 0 aliphatic heterocycles. The molecular weight excluding hydrogens is 380 g/mol. The van der Waals surface area contributed by atoms with E-state index in [4.69, 9.17) is 21.1 Å². The van der Waals surface area contributed by atoms with E-state index < -0.39 is 14.0 Å². The molecule has 0 radical (unpaired) electrons. The number of hydrogen-bond donors (Lipinski definition) is 0. The van der Waals surface area contributed by atoms with Crippen molar-refractivity contribution in [3.05, 3.63) is 40.8 Å². The lowest BCUT2D eigenvalue weighted by atomic mass is 9.99. The van der Waals surface area contributed by atoms with E-state index in [0.717, 1.165) is 5.56 Å². The molecule has 0 saturated heterocycles. The third-order valence-corrected chi connectivity index (χ3v) is 10.2. The fraction of sp³-hybridized carbons (Fsp3) is 0.476. The fourth-order valence-electron chi connectivity index (χ4n) is 2.21. The van der Waals surface area contributed by atoms with Crippen molar-refractivity contribution in [2.24, 2.45) is 5.92 Å². The first kappa shape index (κ1) is 23.1. The van der Waals surface area contributed by atoms with Crippen LogP contribution in [0.2, 0.25) is 23.2 Å². The van der Waals surface area contributed by atoms with Crippen LogP contribution in [0, 0.1) is 17.4 Å². The Morgan fingerprint density at radius 2 is 1.89 bits per heavy atom. The van der Waals surface area contributed by atoms with E-state index in [0.29, 0.717) is 16.7 Å². The van der Waals surface area contributed by atoms with Crippen LogP contribution in [0.1, 0.15) is 33.3 Å². The molecule has 0 unspecified atom stereocenters. The van der Waals surface area contributed by atoms with E-state index in [1.54, 1.807) is 12.1 Å². The average molecular weight is 409 g/mol. The smallest absolute Gasteiger partial charge is 0.377 e. The second kappa shape index (κ2) is 9.34. The zero-order valence-corrected chi connectivity index (χ0v) is 19.2. The molecule has 148 valence electrons. The van der Waals surface area contributed by atoms with Gasteiger partial charge in [0.1, 0.15) is 20.1 Å². The topological polar surface area (TPSA) is 44.8 Å². The molecule has 0 atom stereocenters. The van der Waals surface area contributed by atoms with Gasteiger partial charge in [0, 0.05) is 5.56 Å². The summed E-state index contributed by atoms with van der Waals surface area (Å²) >= 11 is 6.21. The third kappa shape index (κ3) is 5.79. The molecule has 0 bridgehead atoms. The Morgan fingerprint density at radius 3 is 2.41 bits per heavy atom. The molecule has 0 spiro atoms. The molecule has 0 aliphatic carbocycles. The van der Waals surface area contributed by atoms with Gasteiger partial charge < -0.3 is 14.2 Å². The highest BCUT2D eigenvalue weighted by molar-refractivity contribution is 6.87. The van der Waals surface area contributed by atoms with Crippen LogP contribution in [0.5, 0.6) is 5.75 Å². The summed E-state index contributed by atoms with van der Waals surface area (Å²) in [5, 5.41) is 0.538. The molecule has 0 amide bonds. The van der Waals surface area contributed by atoms with Gasteiger partial charge in [-0.3, -0.25) is 0 Å². The average Bonchev–Trinajstić information content (AvgIpc) is 2.60. The second-order valence-electron chi connectivity index (χ2n) is 7.71. The van der Waals surface area contributed by atoms with Gasteiger partial charge in [-0.05, 0) is 29.2 Å². The van der Waals surface area contributed by atoms with Crippen LogP contribution in [0.25, 0.3) is 0 Å². The summed E-state index contributed by atoms with van der Waals surface area (Å²) in [5.74, 6) is 3.38. The van der Waals surface area contributed by atoms with Gasteiger partial charge in [-0.25, -0.2) is 4.79 Å². The molecule has 0 aliphatic rings.